The molecular formula is C12H21N3O2. The summed E-state index contributed by atoms with van der Waals surface area (Å²) in [4.78, 5) is 6.72. The Kier molecular flexibility index (Phi) is 4.12. The Morgan fingerprint density at radius 1 is 1.47 bits per heavy atom. The van der Waals surface area contributed by atoms with Crippen LogP contribution < -0.4 is 0 Å². The summed E-state index contributed by atoms with van der Waals surface area (Å²) < 4.78 is 5.27. The molecule has 0 aromatic carbocycles. The van der Waals surface area contributed by atoms with Crippen molar-refractivity contribution in [1.29, 1.82) is 0 Å². The zero-order chi connectivity index (χ0) is 12.3. The van der Waals surface area contributed by atoms with Crippen molar-refractivity contribution in [3.63, 3.8) is 0 Å². The molecule has 0 aliphatic carbocycles. The van der Waals surface area contributed by atoms with E-state index in [-0.39, 0.29) is 6.04 Å². The molecule has 0 amide bonds. The van der Waals surface area contributed by atoms with Crippen LogP contribution in [0.5, 0.6) is 0 Å². The fourth-order valence-electron chi connectivity index (χ4n) is 2.26. The fraction of sp³-hybridized carbons (Fsp3) is 0.833. The Morgan fingerprint density at radius 3 is 2.71 bits per heavy atom. The number of hydrogen-bond donors (Lipinski definition) is 1. The molecule has 1 aliphatic rings. The van der Waals surface area contributed by atoms with E-state index in [1.54, 1.807) is 0 Å². The number of nitrogens with zero attached hydrogens (tertiary/aromatic N) is 3. The number of aryl methyl sites for hydroxylation is 1. The summed E-state index contributed by atoms with van der Waals surface area (Å²) in [7, 11) is 0. The molecule has 1 aromatic heterocycles. The SMILES string of the molecule is CCc1noc([C@H](C)N2CCC(CO)CC2)n1. The van der Waals surface area contributed by atoms with E-state index in [4.69, 9.17) is 9.63 Å². The third-order valence-electron chi connectivity index (χ3n) is 3.61. The van der Waals surface area contributed by atoms with Gasteiger partial charge in [-0.2, -0.15) is 4.98 Å². The van der Waals surface area contributed by atoms with E-state index in [0.717, 1.165) is 38.2 Å². The molecule has 5 heteroatoms. The number of rotatable bonds is 4. The van der Waals surface area contributed by atoms with E-state index in [1.807, 2.05) is 6.92 Å². The summed E-state index contributed by atoms with van der Waals surface area (Å²) in [5.74, 6) is 1.95. The zero-order valence-electron chi connectivity index (χ0n) is 10.6. The van der Waals surface area contributed by atoms with E-state index in [9.17, 15) is 0 Å². The molecule has 1 saturated heterocycles. The van der Waals surface area contributed by atoms with Gasteiger partial charge in [-0.25, -0.2) is 0 Å². The second kappa shape index (κ2) is 5.60. The second-order valence-electron chi connectivity index (χ2n) is 4.74. The summed E-state index contributed by atoms with van der Waals surface area (Å²) in [6, 6.07) is 0.183. The van der Waals surface area contributed by atoms with Gasteiger partial charge in [-0.15, -0.1) is 0 Å². The minimum absolute atomic E-state index is 0.183. The van der Waals surface area contributed by atoms with E-state index in [1.165, 1.54) is 0 Å². The van der Waals surface area contributed by atoms with Crippen LogP contribution in [-0.4, -0.2) is 39.8 Å². The van der Waals surface area contributed by atoms with Crippen molar-refractivity contribution in [3.05, 3.63) is 11.7 Å². The Bertz CT molecular complexity index is 345. The third kappa shape index (κ3) is 2.84. The van der Waals surface area contributed by atoms with E-state index in [0.29, 0.717) is 18.4 Å². The van der Waals surface area contributed by atoms with Crippen LogP contribution in [0, 0.1) is 5.92 Å². The lowest BCUT2D eigenvalue weighted by atomic mass is 9.97. The summed E-state index contributed by atoms with van der Waals surface area (Å²) in [6.07, 6.45) is 2.91. The van der Waals surface area contributed by atoms with Gasteiger partial charge in [0, 0.05) is 13.0 Å². The fourth-order valence-corrected chi connectivity index (χ4v) is 2.26. The van der Waals surface area contributed by atoms with Gasteiger partial charge in [0.05, 0.1) is 6.04 Å². The summed E-state index contributed by atoms with van der Waals surface area (Å²) in [5.41, 5.74) is 0. The largest absolute Gasteiger partial charge is 0.396 e. The van der Waals surface area contributed by atoms with Crippen LogP contribution in [0.1, 0.15) is 44.4 Å². The quantitative estimate of drug-likeness (QED) is 0.860. The van der Waals surface area contributed by atoms with Gasteiger partial charge in [0.2, 0.25) is 5.89 Å². The maximum Gasteiger partial charge on any atom is 0.243 e. The maximum absolute atomic E-state index is 9.11. The minimum Gasteiger partial charge on any atom is -0.396 e. The molecule has 1 atom stereocenters. The van der Waals surface area contributed by atoms with Crippen LogP contribution in [-0.2, 0) is 6.42 Å². The van der Waals surface area contributed by atoms with Gasteiger partial charge < -0.3 is 9.63 Å². The van der Waals surface area contributed by atoms with Crippen LogP contribution in [0.25, 0.3) is 0 Å². The molecule has 0 saturated carbocycles. The molecule has 1 N–H and O–H groups in total. The van der Waals surface area contributed by atoms with Crippen molar-refractivity contribution < 1.29 is 9.63 Å². The molecule has 2 rings (SSSR count). The second-order valence-corrected chi connectivity index (χ2v) is 4.74. The Balaban J connectivity index is 1.94. The van der Waals surface area contributed by atoms with Gasteiger partial charge in [-0.05, 0) is 38.8 Å². The van der Waals surface area contributed by atoms with Crippen molar-refractivity contribution in [1.82, 2.24) is 15.0 Å². The Morgan fingerprint density at radius 2 is 2.18 bits per heavy atom. The molecule has 5 nitrogen and oxygen atoms in total. The van der Waals surface area contributed by atoms with Crippen molar-refractivity contribution in [3.8, 4) is 0 Å². The van der Waals surface area contributed by atoms with Crippen LogP contribution in [0.4, 0.5) is 0 Å². The lowest BCUT2D eigenvalue weighted by molar-refractivity contribution is 0.0929. The van der Waals surface area contributed by atoms with Crippen LogP contribution in [0.3, 0.4) is 0 Å². The number of aliphatic hydroxyl groups excluding tert-OH is 1. The first-order valence-corrected chi connectivity index (χ1v) is 6.42. The molecule has 17 heavy (non-hydrogen) atoms. The van der Waals surface area contributed by atoms with Crippen LogP contribution >= 0.6 is 0 Å². The van der Waals surface area contributed by atoms with E-state index < -0.39 is 0 Å². The first-order valence-electron chi connectivity index (χ1n) is 6.42. The van der Waals surface area contributed by atoms with Gasteiger partial charge in [0.25, 0.3) is 0 Å². The monoisotopic (exact) mass is 239 g/mol. The highest BCUT2D eigenvalue weighted by Gasteiger charge is 2.26. The number of aromatic nitrogens is 2. The van der Waals surface area contributed by atoms with Gasteiger partial charge >= 0.3 is 0 Å². The minimum atomic E-state index is 0.183. The van der Waals surface area contributed by atoms with Gasteiger partial charge in [-0.1, -0.05) is 12.1 Å². The smallest absolute Gasteiger partial charge is 0.243 e. The molecule has 0 bridgehead atoms. The number of piperidine rings is 1. The zero-order valence-corrected chi connectivity index (χ0v) is 10.6. The molecule has 2 heterocycles. The van der Waals surface area contributed by atoms with Gasteiger partial charge in [0.15, 0.2) is 5.82 Å². The summed E-state index contributed by atoms with van der Waals surface area (Å²) >= 11 is 0. The third-order valence-corrected chi connectivity index (χ3v) is 3.61. The highest BCUT2D eigenvalue weighted by atomic mass is 16.5. The van der Waals surface area contributed by atoms with Crippen molar-refractivity contribution in [2.24, 2.45) is 5.92 Å². The van der Waals surface area contributed by atoms with E-state index in [2.05, 4.69) is 22.0 Å². The number of aliphatic hydroxyl groups is 1. The van der Waals surface area contributed by atoms with Crippen molar-refractivity contribution in [2.45, 2.75) is 39.2 Å². The van der Waals surface area contributed by atoms with E-state index >= 15 is 0 Å². The molecule has 1 aliphatic heterocycles. The van der Waals surface area contributed by atoms with Crippen LogP contribution in [0.15, 0.2) is 4.52 Å². The number of hydrogen-bond acceptors (Lipinski definition) is 5. The molecule has 0 unspecified atom stereocenters. The summed E-state index contributed by atoms with van der Waals surface area (Å²) in [6.45, 7) is 6.42. The molecule has 96 valence electrons. The number of likely N-dealkylation sites (tertiary alicyclic amines) is 1. The lowest BCUT2D eigenvalue weighted by Gasteiger charge is -2.33. The predicted molar refractivity (Wildman–Crippen MR) is 63.5 cm³/mol. The summed E-state index contributed by atoms with van der Waals surface area (Å²) in [5, 5.41) is 13.0. The first-order chi connectivity index (χ1) is 8.24. The van der Waals surface area contributed by atoms with Gasteiger partial charge in [0.1, 0.15) is 0 Å². The molecule has 0 spiro atoms. The van der Waals surface area contributed by atoms with Crippen molar-refractivity contribution >= 4 is 0 Å². The maximum atomic E-state index is 9.11. The average Bonchev–Trinajstić information content (AvgIpc) is 2.87. The molecule has 1 aromatic rings. The average molecular weight is 239 g/mol. The highest BCUT2D eigenvalue weighted by molar-refractivity contribution is 4.93. The standard InChI is InChI=1S/C12H21N3O2/c1-3-11-13-12(17-14-11)9(2)15-6-4-10(8-16)5-7-15/h9-10,16H,3-8H2,1-2H3/t9-/m0/s1. The van der Waals surface area contributed by atoms with Gasteiger partial charge in [-0.3, -0.25) is 4.90 Å². The predicted octanol–water partition coefficient (Wildman–Crippen LogP) is 1.40. The normalized spacial score (nSPS) is 20.6. The molecular weight excluding hydrogens is 218 g/mol. The van der Waals surface area contributed by atoms with Crippen LogP contribution in [0.2, 0.25) is 0 Å². The Hall–Kier alpha value is -0.940. The first kappa shape index (κ1) is 12.5. The van der Waals surface area contributed by atoms with Crippen molar-refractivity contribution in [2.75, 3.05) is 19.7 Å². The topological polar surface area (TPSA) is 62.4 Å². The molecule has 1 fully saturated rings. The highest BCUT2D eigenvalue weighted by Crippen LogP contribution is 2.25. The molecule has 0 radical (unpaired) electrons. The Labute approximate surface area is 102 Å². The lowest BCUT2D eigenvalue weighted by Crippen LogP contribution is -2.36.